The van der Waals surface area contributed by atoms with Gasteiger partial charge in [-0.05, 0) is 64.7 Å². The molecule has 5 rings (SSSR count). The van der Waals surface area contributed by atoms with E-state index in [1.165, 1.54) is 0 Å². The number of hydrogen-bond donors (Lipinski definition) is 1. The van der Waals surface area contributed by atoms with Gasteiger partial charge in [0.05, 0.1) is 28.2 Å². The van der Waals surface area contributed by atoms with Crippen molar-refractivity contribution in [2.75, 3.05) is 5.32 Å². The lowest BCUT2D eigenvalue weighted by molar-refractivity contribution is 0.102. The van der Waals surface area contributed by atoms with E-state index in [1.807, 2.05) is 54.0 Å². The van der Waals surface area contributed by atoms with Gasteiger partial charge in [0.15, 0.2) is 0 Å². The smallest absolute Gasteiger partial charge is 0.255 e. The molecule has 5 aromatic rings. The van der Waals surface area contributed by atoms with Gasteiger partial charge in [0.1, 0.15) is 5.82 Å². The molecule has 4 aromatic carbocycles. The predicted octanol–water partition coefficient (Wildman–Crippen LogP) is 5.69. The number of amides is 1. The van der Waals surface area contributed by atoms with E-state index < -0.39 is 17.0 Å². The molecule has 1 atom stereocenters. The third-order valence-corrected chi connectivity index (χ3v) is 6.92. The summed E-state index contributed by atoms with van der Waals surface area (Å²) in [5.74, 6) is 0.383. The molecule has 0 saturated heterocycles. The Bertz CT molecular complexity index is 1600. The van der Waals surface area contributed by atoms with Crippen molar-refractivity contribution in [1.29, 1.82) is 0 Å². The van der Waals surface area contributed by atoms with Crippen LogP contribution in [-0.2, 0) is 17.6 Å². The lowest BCUT2D eigenvalue weighted by Crippen LogP contribution is -2.14. The molecule has 0 saturated carbocycles. The van der Waals surface area contributed by atoms with Crippen LogP contribution in [0.5, 0.6) is 0 Å². The average molecular weight is 489 g/mol. The number of rotatable bonds is 5. The zero-order valence-electron chi connectivity index (χ0n) is 18.1. The highest BCUT2D eigenvalue weighted by molar-refractivity contribution is 7.79. The monoisotopic (exact) mass is 488 g/mol. The fraction of sp³-hybridized carbons (Fsp3) is 0.0769. The summed E-state index contributed by atoms with van der Waals surface area (Å²) >= 11 is 3.81. The average Bonchev–Trinajstić information content (AvgIpc) is 3.14. The standard InChI is InChI=1S/C26H20ClN3O3S/c1-16-28-23-14-18(11-13-24(23)30(16)15-19-7-3-5-9-21(19)27)26(31)29-22-12-10-17-6-2-4-8-20(17)25(22)34(32)33/h2-14H,15H2,1H3,(H,29,31)(H,32,33)/p-1. The van der Waals surface area contributed by atoms with Crippen molar-refractivity contribution in [3.05, 3.63) is 101 Å². The quantitative estimate of drug-likeness (QED) is 0.322. The van der Waals surface area contributed by atoms with Crippen LogP contribution in [-0.4, -0.2) is 24.2 Å². The highest BCUT2D eigenvalue weighted by Crippen LogP contribution is 2.29. The van der Waals surface area contributed by atoms with E-state index in [2.05, 4.69) is 10.3 Å². The van der Waals surface area contributed by atoms with E-state index >= 15 is 0 Å². The number of aryl methyl sites for hydroxylation is 1. The molecule has 1 N–H and O–H groups in total. The summed E-state index contributed by atoms with van der Waals surface area (Å²) in [6, 6.07) is 23.4. The van der Waals surface area contributed by atoms with Crippen LogP contribution in [0, 0.1) is 6.92 Å². The maximum atomic E-state index is 13.0. The van der Waals surface area contributed by atoms with Crippen molar-refractivity contribution in [1.82, 2.24) is 9.55 Å². The molecule has 0 aliphatic heterocycles. The number of nitrogens with one attached hydrogen (secondary N) is 1. The Labute approximate surface area is 203 Å². The number of hydrogen-bond acceptors (Lipinski definition) is 4. The van der Waals surface area contributed by atoms with Gasteiger partial charge < -0.3 is 14.4 Å². The van der Waals surface area contributed by atoms with Gasteiger partial charge in [-0.3, -0.25) is 9.00 Å². The summed E-state index contributed by atoms with van der Waals surface area (Å²) in [5.41, 5.74) is 3.13. The highest BCUT2D eigenvalue weighted by atomic mass is 35.5. The Balaban J connectivity index is 1.48. The van der Waals surface area contributed by atoms with Crippen LogP contribution in [0.4, 0.5) is 5.69 Å². The zero-order chi connectivity index (χ0) is 23.8. The number of aromatic nitrogens is 2. The van der Waals surface area contributed by atoms with E-state index in [4.69, 9.17) is 11.6 Å². The Morgan fingerprint density at radius 1 is 1.06 bits per heavy atom. The van der Waals surface area contributed by atoms with Crippen molar-refractivity contribution in [2.45, 2.75) is 18.4 Å². The maximum Gasteiger partial charge on any atom is 0.255 e. The number of anilines is 1. The van der Waals surface area contributed by atoms with E-state index in [1.54, 1.807) is 36.4 Å². The molecule has 1 heterocycles. The first-order chi connectivity index (χ1) is 16.4. The third-order valence-electron chi connectivity index (χ3n) is 5.78. The first kappa shape index (κ1) is 22.3. The maximum absolute atomic E-state index is 13.0. The number of imidazole rings is 1. The van der Waals surface area contributed by atoms with Gasteiger partial charge in [0, 0.05) is 10.6 Å². The van der Waals surface area contributed by atoms with Crippen molar-refractivity contribution < 1.29 is 13.6 Å². The molecule has 6 nitrogen and oxygen atoms in total. The SMILES string of the molecule is Cc1nc2cc(C(=O)Nc3ccc4ccccc4c3S(=O)[O-])ccc2n1Cc1ccccc1Cl. The van der Waals surface area contributed by atoms with Gasteiger partial charge in [-0.15, -0.1) is 0 Å². The van der Waals surface area contributed by atoms with Gasteiger partial charge in [0.2, 0.25) is 0 Å². The fourth-order valence-electron chi connectivity index (χ4n) is 4.10. The largest absolute Gasteiger partial charge is 0.768 e. The molecule has 1 unspecified atom stereocenters. The minimum atomic E-state index is -2.52. The molecule has 170 valence electrons. The van der Waals surface area contributed by atoms with Crippen molar-refractivity contribution in [3.8, 4) is 0 Å². The molecule has 0 fully saturated rings. The Morgan fingerprint density at radius 3 is 2.62 bits per heavy atom. The first-order valence-electron chi connectivity index (χ1n) is 10.5. The molecule has 0 aliphatic carbocycles. The molecule has 0 radical (unpaired) electrons. The lowest BCUT2D eigenvalue weighted by Gasteiger charge is -2.16. The molecule has 1 aromatic heterocycles. The van der Waals surface area contributed by atoms with Crippen LogP contribution in [0.25, 0.3) is 21.8 Å². The zero-order valence-corrected chi connectivity index (χ0v) is 19.7. The topological polar surface area (TPSA) is 87.1 Å². The van der Waals surface area contributed by atoms with Gasteiger partial charge in [0.25, 0.3) is 5.91 Å². The van der Waals surface area contributed by atoms with Crippen LogP contribution in [0.1, 0.15) is 21.7 Å². The van der Waals surface area contributed by atoms with Crippen LogP contribution in [0.3, 0.4) is 0 Å². The summed E-state index contributed by atoms with van der Waals surface area (Å²) in [6.45, 7) is 2.46. The van der Waals surface area contributed by atoms with Crippen LogP contribution >= 0.6 is 11.6 Å². The number of fused-ring (bicyclic) bond motifs is 2. The normalized spacial score (nSPS) is 12.2. The Hall–Kier alpha value is -3.52. The van der Waals surface area contributed by atoms with Crippen LogP contribution in [0.15, 0.2) is 83.8 Å². The van der Waals surface area contributed by atoms with Gasteiger partial charge in [-0.2, -0.15) is 0 Å². The molecule has 34 heavy (non-hydrogen) atoms. The second-order valence-corrected chi connectivity index (χ2v) is 9.18. The van der Waals surface area contributed by atoms with Gasteiger partial charge >= 0.3 is 0 Å². The van der Waals surface area contributed by atoms with Crippen molar-refractivity contribution in [2.24, 2.45) is 0 Å². The number of nitrogens with zero attached hydrogens (tertiary/aromatic N) is 2. The number of carbonyl (C=O) groups excluding carboxylic acids is 1. The van der Waals surface area contributed by atoms with Crippen molar-refractivity contribution >= 4 is 56.1 Å². The van der Waals surface area contributed by atoms with Crippen LogP contribution < -0.4 is 5.32 Å². The second kappa shape index (κ2) is 9.02. The summed E-state index contributed by atoms with van der Waals surface area (Å²) in [7, 11) is 0. The molecule has 0 bridgehead atoms. The van der Waals surface area contributed by atoms with Gasteiger partial charge in [-0.25, -0.2) is 4.98 Å². The number of benzene rings is 4. The highest BCUT2D eigenvalue weighted by Gasteiger charge is 2.15. The molecular formula is C26H19ClN3O3S-. The second-order valence-electron chi connectivity index (χ2n) is 7.89. The molecule has 0 spiro atoms. The number of halogens is 1. The molecule has 0 aliphatic rings. The van der Waals surface area contributed by atoms with E-state index in [0.717, 1.165) is 22.3 Å². The third kappa shape index (κ3) is 4.09. The minimum Gasteiger partial charge on any atom is -0.768 e. The van der Waals surface area contributed by atoms with Crippen LogP contribution in [0.2, 0.25) is 5.02 Å². The Kier molecular flexibility index (Phi) is 5.91. The predicted molar refractivity (Wildman–Crippen MR) is 134 cm³/mol. The minimum absolute atomic E-state index is 0.0624. The molecular weight excluding hydrogens is 470 g/mol. The van der Waals surface area contributed by atoms with E-state index in [0.29, 0.717) is 28.0 Å². The molecule has 1 amide bonds. The number of carbonyl (C=O) groups is 1. The lowest BCUT2D eigenvalue weighted by atomic mass is 10.1. The van der Waals surface area contributed by atoms with E-state index in [-0.39, 0.29) is 10.6 Å². The summed E-state index contributed by atoms with van der Waals surface area (Å²) in [4.78, 5) is 17.7. The summed E-state index contributed by atoms with van der Waals surface area (Å²) in [5, 5.41) is 4.76. The summed E-state index contributed by atoms with van der Waals surface area (Å²) in [6.07, 6.45) is 0. The fourth-order valence-corrected chi connectivity index (χ4v) is 4.96. The van der Waals surface area contributed by atoms with Crippen molar-refractivity contribution in [3.63, 3.8) is 0 Å². The van der Waals surface area contributed by atoms with E-state index in [9.17, 15) is 13.6 Å². The Morgan fingerprint density at radius 2 is 1.82 bits per heavy atom. The van der Waals surface area contributed by atoms with Gasteiger partial charge in [-0.1, -0.05) is 60.1 Å². The summed E-state index contributed by atoms with van der Waals surface area (Å²) < 4.78 is 26.0. The first-order valence-corrected chi connectivity index (χ1v) is 12.0. The molecule has 8 heteroatoms.